The van der Waals surface area contributed by atoms with E-state index in [1.54, 1.807) is 16.8 Å². The molecule has 5 rings (SSSR count). The van der Waals surface area contributed by atoms with E-state index < -0.39 is 5.46 Å². The summed E-state index contributed by atoms with van der Waals surface area (Å²) in [6, 6.07) is 35.9. The van der Waals surface area contributed by atoms with Gasteiger partial charge in [-0.1, -0.05) is 0 Å². The van der Waals surface area contributed by atoms with E-state index in [9.17, 15) is 9.59 Å². The molecule has 212 valence electrons. The molecule has 2 amide bonds. The minimum absolute atomic E-state index is 0.255. The van der Waals surface area contributed by atoms with E-state index >= 15 is 0 Å². The Morgan fingerprint density at radius 2 is 1.00 bits per heavy atom. The van der Waals surface area contributed by atoms with Gasteiger partial charge in [0.1, 0.15) is 0 Å². The number of benzene rings is 4. The number of nitrogens with zero attached hydrogens (tertiary/aromatic N) is 1. The van der Waals surface area contributed by atoms with Crippen LogP contribution in [-0.4, -0.2) is 16.5 Å². The number of unbranched alkanes of at least 4 members (excludes halogenated alkanes) is 7. The second kappa shape index (κ2) is 12.8. The van der Waals surface area contributed by atoms with E-state index in [0.717, 1.165) is 28.8 Å². The summed E-state index contributed by atoms with van der Waals surface area (Å²) in [5.41, 5.74) is -1.95. The standard InChI is InChI=1S/C36H39BrNO2P/c1-2-3-4-5-6-7-8-11-20-29-21-16-19-28-34(29)41(37,30-22-12-9-13-23-30,31-24-14-10-15-25-31)38-35(39)32-26-17-18-27-33(32)36(38)40/h9-10,12-19,21-28H,2-8,11,20H2,1H3. The molecule has 0 radical (unpaired) electrons. The van der Waals surface area contributed by atoms with Crippen LogP contribution in [0.3, 0.4) is 0 Å². The fourth-order valence-electron chi connectivity index (χ4n) is 6.25. The Kier molecular flexibility index (Phi) is 9.22. The van der Waals surface area contributed by atoms with Crippen LogP contribution in [-0.2, 0) is 6.42 Å². The van der Waals surface area contributed by atoms with E-state index in [4.69, 9.17) is 0 Å². The van der Waals surface area contributed by atoms with Crippen LogP contribution in [0.25, 0.3) is 0 Å². The molecule has 1 heterocycles. The number of imide groups is 1. The van der Waals surface area contributed by atoms with Gasteiger partial charge in [-0.25, -0.2) is 0 Å². The molecule has 3 nitrogen and oxygen atoms in total. The van der Waals surface area contributed by atoms with Crippen LogP contribution in [0.1, 0.15) is 84.6 Å². The third kappa shape index (κ3) is 5.22. The first-order valence-electron chi connectivity index (χ1n) is 14.9. The summed E-state index contributed by atoms with van der Waals surface area (Å²) < 4.78 is 1.59. The van der Waals surface area contributed by atoms with Crippen molar-refractivity contribution in [2.75, 3.05) is 0 Å². The SMILES string of the molecule is CCCCCCCCCCc1ccccc1P(Br)(c1ccccc1)(c1ccccc1)N1C(=O)c2ccccc2C1=O. The molecule has 0 unspecified atom stereocenters. The van der Waals surface area contributed by atoms with Gasteiger partial charge in [-0.15, -0.1) is 0 Å². The quantitative estimate of drug-likeness (QED) is 0.0844. The van der Waals surface area contributed by atoms with E-state index in [1.807, 2.05) is 54.6 Å². The Hall–Kier alpha value is -3.07. The van der Waals surface area contributed by atoms with Crippen molar-refractivity contribution >= 4 is 48.7 Å². The molecule has 4 aromatic carbocycles. The van der Waals surface area contributed by atoms with Crippen LogP contribution >= 0.6 is 20.9 Å². The minimum atomic E-state index is -4.04. The summed E-state index contributed by atoms with van der Waals surface area (Å²) in [5, 5.41) is 2.89. The Morgan fingerprint density at radius 3 is 1.54 bits per heavy atom. The topological polar surface area (TPSA) is 37.4 Å². The first-order valence-corrected chi connectivity index (χ1v) is 19.1. The van der Waals surface area contributed by atoms with Crippen LogP contribution in [0.4, 0.5) is 0 Å². The number of carbonyl (C=O) groups is 2. The number of hydrogen-bond acceptors (Lipinski definition) is 2. The molecule has 0 saturated heterocycles. The van der Waals surface area contributed by atoms with E-state index in [0.29, 0.717) is 11.1 Å². The van der Waals surface area contributed by atoms with Crippen LogP contribution in [0.15, 0.2) is 109 Å². The maximum absolute atomic E-state index is 14.4. The number of rotatable bonds is 13. The van der Waals surface area contributed by atoms with Crippen LogP contribution < -0.4 is 15.9 Å². The van der Waals surface area contributed by atoms with Gasteiger partial charge in [0, 0.05) is 0 Å². The number of aryl methyl sites for hydroxylation is 1. The maximum atomic E-state index is 14.4. The summed E-state index contributed by atoms with van der Waals surface area (Å²) in [6.07, 6.45) is 10.9. The van der Waals surface area contributed by atoms with Crippen LogP contribution in [0, 0.1) is 0 Å². The zero-order valence-corrected chi connectivity index (χ0v) is 26.3. The fourth-order valence-corrected chi connectivity index (χ4v) is 14.5. The molecule has 41 heavy (non-hydrogen) atoms. The van der Waals surface area contributed by atoms with Crippen LogP contribution in [0.2, 0.25) is 0 Å². The van der Waals surface area contributed by atoms with Crippen molar-refractivity contribution in [3.8, 4) is 0 Å². The van der Waals surface area contributed by atoms with E-state index in [1.165, 1.54) is 50.5 Å². The zero-order chi connectivity index (χ0) is 28.7. The van der Waals surface area contributed by atoms with Crippen molar-refractivity contribution in [3.63, 3.8) is 0 Å². The summed E-state index contributed by atoms with van der Waals surface area (Å²) in [5.74, 6) is -0.510. The number of carbonyl (C=O) groups excluding carboxylic acids is 2. The van der Waals surface area contributed by atoms with Crippen molar-refractivity contribution in [3.05, 3.63) is 126 Å². The van der Waals surface area contributed by atoms with Gasteiger partial charge in [0.15, 0.2) is 0 Å². The van der Waals surface area contributed by atoms with Crippen molar-refractivity contribution in [2.24, 2.45) is 0 Å². The molecule has 0 atom stereocenters. The molecule has 1 aliphatic heterocycles. The monoisotopic (exact) mass is 627 g/mol. The van der Waals surface area contributed by atoms with Crippen molar-refractivity contribution in [1.82, 2.24) is 4.67 Å². The summed E-state index contributed by atoms with van der Waals surface area (Å²) >= 11 is 4.41. The molecule has 0 spiro atoms. The molecule has 5 heteroatoms. The first-order chi connectivity index (χ1) is 20.0. The molecule has 0 fully saturated rings. The normalized spacial score (nSPS) is 14.1. The molecule has 0 saturated carbocycles. The zero-order valence-electron chi connectivity index (χ0n) is 23.8. The molecule has 0 aromatic heterocycles. The van der Waals surface area contributed by atoms with Gasteiger partial charge < -0.3 is 0 Å². The Balaban J connectivity index is 1.66. The summed E-state index contributed by atoms with van der Waals surface area (Å²) in [7, 11) is 0. The Morgan fingerprint density at radius 1 is 0.561 bits per heavy atom. The molecule has 0 N–H and O–H groups in total. The van der Waals surface area contributed by atoms with E-state index in [-0.39, 0.29) is 11.8 Å². The molecular weight excluding hydrogens is 589 g/mol. The average Bonchev–Trinajstić information content (AvgIpc) is 3.29. The van der Waals surface area contributed by atoms with Crippen molar-refractivity contribution in [2.45, 2.75) is 64.7 Å². The van der Waals surface area contributed by atoms with Gasteiger partial charge in [-0.05, 0) is 0 Å². The predicted molar refractivity (Wildman–Crippen MR) is 177 cm³/mol. The molecule has 4 aromatic rings. The number of amides is 2. The number of halogens is 1. The molecule has 1 aliphatic rings. The third-order valence-electron chi connectivity index (χ3n) is 8.33. The summed E-state index contributed by atoms with van der Waals surface area (Å²) in [4.78, 5) is 28.8. The second-order valence-electron chi connectivity index (χ2n) is 11.0. The van der Waals surface area contributed by atoms with Gasteiger partial charge in [-0.2, -0.15) is 0 Å². The Labute approximate surface area is 252 Å². The Bertz CT molecular complexity index is 1430. The van der Waals surface area contributed by atoms with Gasteiger partial charge in [0.2, 0.25) is 0 Å². The molecular formula is C36H39BrNO2P. The van der Waals surface area contributed by atoms with Crippen LogP contribution in [0.5, 0.6) is 0 Å². The van der Waals surface area contributed by atoms with Gasteiger partial charge in [-0.3, -0.25) is 0 Å². The van der Waals surface area contributed by atoms with Gasteiger partial charge >= 0.3 is 254 Å². The predicted octanol–water partition coefficient (Wildman–Crippen LogP) is 8.72. The van der Waals surface area contributed by atoms with Crippen molar-refractivity contribution in [1.29, 1.82) is 0 Å². The second-order valence-corrected chi connectivity index (χ2v) is 18.9. The van der Waals surface area contributed by atoms with Gasteiger partial charge in [0.25, 0.3) is 0 Å². The van der Waals surface area contributed by atoms with Gasteiger partial charge in [0.05, 0.1) is 0 Å². The summed E-state index contributed by atoms with van der Waals surface area (Å²) in [6.45, 7) is 2.25. The molecule has 0 bridgehead atoms. The third-order valence-corrected chi connectivity index (χ3v) is 17.8. The molecule has 0 aliphatic carbocycles. The average molecular weight is 629 g/mol. The first kappa shape index (κ1) is 29.4. The number of fused-ring (bicyclic) bond motifs is 1. The van der Waals surface area contributed by atoms with E-state index in [2.05, 4.69) is 64.9 Å². The number of hydrogen-bond donors (Lipinski definition) is 0. The fraction of sp³-hybridized carbons (Fsp3) is 0.278. The van der Waals surface area contributed by atoms with Crippen molar-refractivity contribution < 1.29 is 9.59 Å².